The van der Waals surface area contributed by atoms with Crippen LogP contribution in [0.4, 0.5) is 5.69 Å². The van der Waals surface area contributed by atoms with Gasteiger partial charge < -0.3 is 9.64 Å². The maximum absolute atomic E-state index is 13.4. The van der Waals surface area contributed by atoms with Crippen LogP contribution in [0, 0.1) is 11.8 Å². The largest absolute Gasteiger partial charge is 0.452 e. The molecule has 0 aliphatic carbocycles. The fourth-order valence-electron chi connectivity index (χ4n) is 4.18. The number of carbonyl (C=O) groups is 2. The first kappa shape index (κ1) is 25.8. The molecule has 2 aromatic carbocycles. The molecule has 2 atom stereocenters. The predicted octanol–water partition coefficient (Wildman–Crippen LogP) is 4.38. The summed E-state index contributed by atoms with van der Waals surface area (Å²) >= 11 is 6.23. The zero-order valence-electron chi connectivity index (χ0n) is 19.3. The van der Waals surface area contributed by atoms with E-state index in [4.69, 9.17) is 16.3 Å². The van der Waals surface area contributed by atoms with Gasteiger partial charge >= 0.3 is 5.97 Å². The molecule has 1 saturated heterocycles. The summed E-state index contributed by atoms with van der Waals surface area (Å²) in [5, 5.41) is 0.267. The van der Waals surface area contributed by atoms with Crippen LogP contribution in [0.5, 0.6) is 0 Å². The van der Waals surface area contributed by atoms with Crippen molar-refractivity contribution in [2.75, 3.05) is 30.5 Å². The molecule has 1 aliphatic rings. The molecule has 0 saturated carbocycles. The summed E-state index contributed by atoms with van der Waals surface area (Å²) in [7, 11) is -4.06. The minimum Gasteiger partial charge on any atom is -0.452 e. The molecule has 1 aliphatic heterocycles. The molecular formula is C25H29ClN2O5S. The monoisotopic (exact) mass is 504 g/mol. The van der Waals surface area contributed by atoms with Crippen LogP contribution in [0.3, 0.4) is 0 Å². The van der Waals surface area contributed by atoms with Gasteiger partial charge in [0, 0.05) is 13.1 Å². The van der Waals surface area contributed by atoms with Crippen LogP contribution in [0.25, 0.3) is 0 Å². The van der Waals surface area contributed by atoms with E-state index in [0.29, 0.717) is 30.6 Å². The van der Waals surface area contributed by atoms with Gasteiger partial charge in [0.2, 0.25) is 0 Å². The fraction of sp³-hybridized carbons (Fsp3) is 0.360. The van der Waals surface area contributed by atoms with Crippen LogP contribution in [0.1, 0.15) is 30.6 Å². The van der Waals surface area contributed by atoms with Gasteiger partial charge in [-0.1, -0.05) is 49.7 Å². The van der Waals surface area contributed by atoms with Gasteiger partial charge in [0.05, 0.1) is 27.7 Å². The van der Waals surface area contributed by atoms with Gasteiger partial charge in [-0.2, -0.15) is 0 Å². The number of nitrogens with zero attached hydrogens (tertiary/aromatic N) is 2. The Morgan fingerprint density at radius 1 is 1.15 bits per heavy atom. The topological polar surface area (TPSA) is 84.0 Å². The molecule has 182 valence electrons. The Morgan fingerprint density at radius 3 is 2.47 bits per heavy atom. The van der Waals surface area contributed by atoms with Crippen molar-refractivity contribution >= 4 is 39.2 Å². The summed E-state index contributed by atoms with van der Waals surface area (Å²) in [6, 6.07) is 12.1. The number of carbonyl (C=O) groups excluding carboxylic acids is 2. The zero-order chi connectivity index (χ0) is 24.9. The first-order valence-corrected chi connectivity index (χ1v) is 12.9. The van der Waals surface area contributed by atoms with Crippen molar-refractivity contribution in [1.82, 2.24) is 4.90 Å². The molecule has 0 radical (unpaired) electrons. The number of esters is 1. The van der Waals surface area contributed by atoms with Crippen LogP contribution in [-0.4, -0.2) is 51.4 Å². The molecule has 1 amide bonds. The van der Waals surface area contributed by atoms with E-state index in [-0.39, 0.29) is 27.9 Å². The molecular weight excluding hydrogens is 476 g/mol. The number of amides is 1. The SMILES string of the molecule is C=CCN(c1ccccc1Cl)S(=O)(=O)c1cccc(C(=O)OCC(=O)N2C[C@@H](C)C[C@H](C)C2)c1. The smallest absolute Gasteiger partial charge is 0.338 e. The van der Waals surface area contributed by atoms with Gasteiger partial charge in [-0.15, -0.1) is 6.58 Å². The van der Waals surface area contributed by atoms with Crippen molar-refractivity contribution in [1.29, 1.82) is 0 Å². The molecule has 7 nitrogen and oxygen atoms in total. The number of sulfonamides is 1. The minimum atomic E-state index is -4.06. The molecule has 1 heterocycles. The lowest BCUT2D eigenvalue weighted by Crippen LogP contribution is -2.44. The number of piperidine rings is 1. The fourth-order valence-corrected chi connectivity index (χ4v) is 5.97. The quantitative estimate of drug-likeness (QED) is 0.393. The van der Waals surface area contributed by atoms with Crippen molar-refractivity contribution in [3.8, 4) is 0 Å². The van der Waals surface area contributed by atoms with Crippen LogP contribution < -0.4 is 4.31 Å². The summed E-state index contributed by atoms with van der Waals surface area (Å²) in [6.45, 7) is 8.68. The highest BCUT2D eigenvalue weighted by Crippen LogP contribution is 2.30. The summed E-state index contributed by atoms with van der Waals surface area (Å²) < 4.78 is 33.1. The third kappa shape index (κ3) is 5.98. The number of benzene rings is 2. The predicted molar refractivity (Wildman–Crippen MR) is 132 cm³/mol. The van der Waals surface area contributed by atoms with Crippen LogP contribution in [-0.2, 0) is 19.6 Å². The molecule has 9 heteroatoms. The van der Waals surface area contributed by atoms with Crippen molar-refractivity contribution in [3.05, 3.63) is 71.8 Å². The Hall–Kier alpha value is -2.84. The average molecular weight is 505 g/mol. The molecule has 3 rings (SSSR count). The van der Waals surface area contributed by atoms with E-state index >= 15 is 0 Å². The average Bonchev–Trinajstić information content (AvgIpc) is 2.80. The lowest BCUT2D eigenvalue weighted by Gasteiger charge is -2.34. The highest BCUT2D eigenvalue weighted by Gasteiger charge is 2.28. The Kier molecular flexibility index (Phi) is 8.38. The second-order valence-corrected chi connectivity index (χ2v) is 10.9. The van der Waals surface area contributed by atoms with Gasteiger partial charge in [-0.25, -0.2) is 13.2 Å². The zero-order valence-corrected chi connectivity index (χ0v) is 20.9. The van der Waals surface area contributed by atoms with E-state index < -0.39 is 22.6 Å². The van der Waals surface area contributed by atoms with Gasteiger partial charge in [-0.3, -0.25) is 9.10 Å². The van der Waals surface area contributed by atoms with Crippen LogP contribution >= 0.6 is 11.6 Å². The Bertz CT molecular complexity index is 1160. The lowest BCUT2D eigenvalue weighted by molar-refractivity contribution is -0.137. The number of likely N-dealkylation sites (tertiary alicyclic amines) is 1. The second kappa shape index (κ2) is 11.1. The number of hydrogen-bond acceptors (Lipinski definition) is 5. The normalized spacial score (nSPS) is 18.3. The van der Waals surface area contributed by atoms with Crippen molar-refractivity contribution in [2.45, 2.75) is 25.2 Å². The maximum Gasteiger partial charge on any atom is 0.338 e. The third-order valence-electron chi connectivity index (χ3n) is 5.62. The third-order valence-corrected chi connectivity index (χ3v) is 7.72. The first-order valence-electron chi connectivity index (χ1n) is 11.1. The maximum atomic E-state index is 13.4. The van der Waals surface area contributed by atoms with Gasteiger partial charge in [0.15, 0.2) is 6.61 Å². The lowest BCUT2D eigenvalue weighted by atomic mass is 9.92. The number of rotatable bonds is 8. The molecule has 0 bridgehead atoms. The highest BCUT2D eigenvalue weighted by atomic mass is 35.5. The van der Waals surface area contributed by atoms with Crippen molar-refractivity contribution in [3.63, 3.8) is 0 Å². The molecule has 0 N–H and O–H groups in total. The van der Waals surface area contributed by atoms with Crippen molar-refractivity contribution < 1.29 is 22.7 Å². The van der Waals surface area contributed by atoms with Crippen LogP contribution in [0.2, 0.25) is 5.02 Å². The number of anilines is 1. The molecule has 0 aromatic heterocycles. The summed E-state index contributed by atoms with van der Waals surface area (Å²) in [5.74, 6) is -0.244. The van der Waals surface area contributed by atoms with E-state index in [0.717, 1.165) is 10.7 Å². The van der Waals surface area contributed by atoms with E-state index in [9.17, 15) is 18.0 Å². The minimum absolute atomic E-state index is 0.0120. The van der Waals surface area contributed by atoms with E-state index in [2.05, 4.69) is 20.4 Å². The molecule has 0 spiro atoms. The number of para-hydroxylation sites is 1. The Balaban J connectivity index is 1.76. The number of ether oxygens (including phenoxy) is 1. The molecule has 2 aromatic rings. The van der Waals surface area contributed by atoms with Gasteiger partial charge in [0.25, 0.3) is 15.9 Å². The standard InChI is InChI=1S/C25H29ClN2O5S/c1-4-12-28(23-11-6-5-10-22(23)26)34(31,32)21-9-7-8-20(14-21)25(30)33-17-24(29)27-15-18(2)13-19(3)16-27/h4-11,14,18-19H,1,12-13,15-17H2,2-3H3/t18-,19-/m0/s1. The van der Waals surface area contributed by atoms with Gasteiger partial charge in [-0.05, 0) is 48.6 Å². The summed E-state index contributed by atoms with van der Waals surface area (Å²) in [5.41, 5.74) is 0.333. The molecule has 1 fully saturated rings. The number of halogens is 1. The van der Waals surface area contributed by atoms with Crippen LogP contribution in [0.15, 0.2) is 66.1 Å². The van der Waals surface area contributed by atoms with Gasteiger partial charge in [0.1, 0.15) is 0 Å². The summed E-state index contributed by atoms with van der Waals surface area (Å²) in [6.07, 6.45) is 2.51. The second-order valence-electron chi connectivity index (χ2n) is 8.62. The highest BCUT2D eigenvalue weighted by molar-refractivity contribution is 7.92. The van der Waals surface area contributed by atoms with E-state index in [1.54, 1.807) is 29.2 Å². The van der Waals surface area contributed by atoms with E-state index in [1.807, 2.05) is 0 Å². The van der Waals surface area contributed by atoms with Crippen molar-refractivity contribution in [2.24, 2.45) is 11.8 Å². The molecule has 0 unspecified atom stereocenters. The first-order chi connectivity index (χ1) is 16.1. The Morgan fingerprint density at radius 2 is 1.82 bits per heavy atom. The van der Waals surface area contributed by atoms with E-state index in [1.165, 1.54) is 30.3 Å². The number of hydrogen-bond donors (Lipinski definition) is 0. The summed E-state index contributed by atoms with van der Waals surface area (Å²) in [4.78, 5) is 26.8. The Labute approximate surface area is 206 Å². The molecule has 34 heavy (non-hydrogen) atoms.